The average molecular weight is 740 g/mol. The summed E-state index contributed by atoms with van der Waals surface area (Å²) >= 11 is 0. The van der Waals surface area contributed by atoms with Crippen molar-refractivity contribution in [1.82, 2.24) is 19.5 Å². The number of fused-ring (bicyclic) bond motifs is 1. The predicted octanol–water partition coefficient (Wildman–Crippen LogP) is 9.36. The van der Waals surface area contributed by atoms with Gasteiger partial charge in [-0.25, -0.2) is 28.1 Å². The quantitative estimate of drug-likeness (QED) is 0.0506. The second-order valence-corrected chi connectivity index (χ2v) is 18.2. The molecule has 17 heteroatoms. The molecule has 2 rings (SSSR count). The number of anilines is 1. The molecule has 4 N–H and O–H groups in total. The van der Waals surface area contributed by atoms with Crippen molar-refractivity contribution in [3.8, 4) is 0 Å². The Balaban J connectivity index is 1.71. The largest absolute Gasteiger partial charge is 0.486 e. The summed E-state index contributed by atoms with van der Waals surface area (Å²) in [4.78, 5) is 32.8. The van der Waals surface area contributed by atoms with Gasteiger partial charge in [0.15, 0.2) is 11.5 Å². The molecule has 14 nitrogen and oxygen atoms in total. The normalized spacial score (nSPS) is 16.4. The van der Waals surface area contributed by atoms with Crippen molar-refractivity contribution in [3.05, 3.63) is 12.7 Å². The van der Waals surface area contributed by atoms with E-state index in [-0.39, 0.29) is 25.1 Å². The van der Waals surface area contributed by atoms with E-state index in [1.165, 1.54) is 83.3 Å². The van der Waals surface area contributed by atoms with Crippen LogP contribution in [0.5, 0.6) is 0 Å². The van der Waals surface area contributed by atoms with E-state index in [4.69, 9.17) is 19.3 Å². The highest BCUT2D eigenvalue weighted by Crippen LogP contribution is 2.69. The van der Waals surface area contributed by atoms with Crippen LogP contribution in [0.4, 0.5) is 5.82 Å². The second kappa shape index (κ2) is 23.3. The molecule has 278 valence electrons. The molecule has 0 aliphatic rings. The van der Waals surface area contributed by atoms with Gasteiger partial charge in [-0.3, -0.25) is 9.13 Å². The molecular formula is C31H60N5O9P3. The Labute approximate surface area is 287 Å². The van der Waals surface area contributed by atoms with Crippen LogP contribution in [0.2, 0.25) is 0 Å². The van der Waals surface area contributed by atoms with Crippen molar-refractivity contribution in [2.75, 3.05) is 24.9 Å². The zero-order valence-corrected chi connectivity index (χ0v) is 31.9. The highest BCUT2D eigenvalue weighted by atomic mass is 31.3. The van der Waals surface area contributed by atoms with E-state index in [0.29, 0.717) is 24.0 Å². The van der Waals surface area contributed by atoms with Gasteiger partial charge >= 0.3 is 23.0 Å². The Morgan fingerprint density at radius 3 is 1.88 bits per heavy atom. The van der Waals surface area contributed by atoms with E-state index >= 15 is 0 Å². The van der Waals surface area contributed by atoms with Gasteiger partial charge in [0.05, 0.1) is 31.7 Å². The smallest absolute Gasteiger partial charge is 0.382 e. The van der Waals surface area contributed by atoms with E-state index in [1.807, 2.05) is 6.92 Å². The monoisotopic (exact) mass is 739 g/mol. The van der Waals surface area contributed by atoms with Crippen molar-refractivity contribution in [1.29, 1.82) is 0 Å². The number of hydrogen-bond acceptors (Lipinski definition) is 11. The summed E-state index contributed by atoms with van der Waals surface area (Å²) in [6, 6.07) is 0. The van der Waals surface area contributed by atoms with Crippen LogP contribution in [-0.4, -0.2) is 54.5 Å². The van der Waals surface area contributed by atoms with Gasteiger partial charge < -0.3 is 29.3 Å². The maximum atomic E-state index is 13.4. The molecule has 0 aliphatic carbocycles. The molecule has 2 heterocycles. The lowest BCUT2D eigenvalue weighted by Crippen LogP contribution is -2.17. The van der Waals surface area contributed by atoms with Gasteiger partial charge in [-0.05, 0) is 19.8 Å². The van der Waals surface area contributed by atoms with Crippen molar-refractivity contribution in [2.24, 2.45) is 0 Å². The molecule has 4 atom stereocenters. The first-order valence-electron chi connectivity index (χ1n) is 17.7. The molecule has 2 aromatic rings. The van der Waals surface area contributed by atoms with Crippen molar-refractivity contribution in [2.45, 2.75) is 149 Å². The topological polar surface area (TPSA) is 198 Å². The van der Waals surface area contributed by atoms with Crippen molar-refractivity contribution < 1.29 is 41.4 Å². The molecule has 0 spiro atoms. The summed E-state index contributed by atoms with van der Waals surface area (Å²) in [5.41, 5.74) is 6.67. The van der Waals surface area contributed by atoms with E-state index in [9.17, 15) is 23.5 Å². The molecule has 0 saturated carbocycles. The molecule has 0 radical (unpaired) electrons. The number of nitrogens with zero attached hydrogens (tertiary/aromatic N) is 4. The van der Waals surface area contributed by atoms with E-state index in [0.717, 1.165) is 32.1 Å². The third-order valence-electron chi connectivity index (χ3n) is 7.94. The highest BCUT2D eigenvalue weighted by molar-refractivity contribution is 7.69. The van der Waals surface area contributed by atoms with Gasteiger partial charge in [-0.1, -0.05) is 117 Å². The predicted molar refractivity (Wildman–Crippen MR) is 190 cm³/mol. The van der Waals surface area contributed by atoms with E-state index in [1.54, 1.807) is 11.5 Å². The lowest BCUT2D eigenvalue weighted by Gasteiger charge is -2.23. The van der Waals surface area contributed by atoms with Crippen LogP contribution in [0.1, 0.15) is 136 Å². The lowest BCUT2D eigenvalue weighted by molar-refractivity contribution is 0.0758. The van der Waals surface area contributed by atoms with Gasteiger partial charge in [0.1, 0.15) is 18.2 Å². The summed E-state index contributed by atoms with van der Waals surface area (Å²) in [5.74, 6) is 0.213. The third kappa shape index (κ3) is 18.2. The summed E-state index contributed by atoms with van der Waals surface area (Å²) in [7, 11) is -14.2. The fraction of sp³-hybridized carbons (Fsp3) is 0.839. The molecule has 0 aliphatic heterocycles. The fourth-order valence-electron chi connectivity index (χ4n) is 5.27. The van der Waals surface area contributed by atoms with Crippen LogP contribution in [0.25, 0.3) is 11.2 Å². The third-order valence-corrected chi connectivity index (χ3v) is 13.5. The van der Waals surface area contributed by atoms with E-state index in [2.05, 4.69) is 26.2 Å². The number of nitrogens with two attached hydrogens (primary N) is 1. The van der Waals surface area contributed by atoms with Crippen LogP contribution in [0.3, 0.4) is 0 Å². The van der Waals surface area contributed by atoms with Gasteiger partial charge in [0, 0.05) is 0 Å². The highest BCUT2D eigenvalue weighted by Gasteiger charge is 2.41. The number of phosphoric acid groups is 1. The van der Waals surface area contributed by atoms with E-state index < -0.39 is 35.5 Å². The number of unbranched alkanes of at least 4 members (excludes halogenated alkanes) is 16. The zero-order chi connectivity index (χ0) is 35.3. The maximum Gasteiger partial charge on any atom is 0.486 e. The maximum absolute atomic E-state index is 13.4. The van der Waals surface area contributed by atoms with Gasteiger partial charge in [-0.15, -0.1) is 0 Å². The number of imidazole rings is 1. The molecule has 48 heavy (non-hydrogen) atoms. The number of ether oxygens (including phenoxy) is 1. The molecule has 3 unspecified atom stereocenters. The van der Waals surface area contributed by atoms with Gasteiger partial charge in [-0.2, -0.15) is 0 Å². The van der Waals surface area contributed by atoms with Crippen molar-refractivity contribution in [3.63, 3.8) is 0 Å². The zero-order valence-electron chi connectivity index (χ0n) is 29.2. The summed E-state index contributed by atoms with van der Waals surface area (Å²) in [6.45, 7) is 6.03. The van der Waals surface area contributed by atoms with Gasteiger partial charge in [0.2, 0.25) is 0 Å². The Bertz CT molecular complexity index is 1320. The van der Waals surface area contributed by atoms with Crippen molar-refractivity contribution >= 4 is 40.0 Å². The van der Waals surface area contributed by atoms with Crippen LogP contribution in [0.15, 0.2) is 12.7 Å². The Morgan fingerprint density at radius 1 is 0.771 bits per heavy atom. The Kier molecular flexibility index (Phi) is 20.9. The molecule has 0 saturated heterocycles. The minimum Gasteiger partial charge on any atom is -0.382 e. The Morgan fingerprint density at radius 2 is 1.31 bits per heavy atom. The molecule has 0 amide bonds. The first-order valence-corrected chi connectivity index (χ1v) is 22.7. The van der Waals surface area contributed by atoms with Crippen LogP contribution >= 0.6 is 23.0 Å². The minimum atomic E-state index is -5.26. The molecule has 2 aromatic heterocycles. The minimum absolute atomic E-state index is 0.0591. The number of rotatable bonds is 30. The first-order chi connectivity index (χ1) is 22.9. The SMILES string of the molecule is CCCCCCCCCCCCCCCCCCP(=O)(OCCCC)OP(=O)(O)OP(=O)(O)CO[C@H](C)Cn1cnc2c(N)ncnc21. The van der Waals surface area contributed by atoms with Crippen LogP contribution in [0, 0.1) is 0 Å². The number of nitrogen functional groups attached to an aromatic ring is 1. The number of hydrogen-bond donors (Lipinski definition) is 3. The summed E-state index contributed by atoms with van der Waals surface area (Å²) in [6.07, 6.45) is 21.3. The average Bonchev–Trinajstić information content (AvgIpc) is 3.43. The summed E-state index contributed by atoms with van der Waals surface area (Å²) in [5, 5.41) is 0. The lowest BCUT2D eigenvalue weighted by atomic mass is 10.0. The molecule has 0 bridgehead atoms. The second-order valence-electron chi connectivity index (χ2n) is 12.5. The molecular weight excluding hydrogens is 679 g/mol. The Hall–Kier alpha value is -1.20. The fourth-order valence-corrected chi connectivity index (χ4v) is 10.5. The van der Waals surface area contributed by atoms with Gasteiger partial charge in [0.25, 0.3) is 0 Å². The number of aromatic nitrogens is 4. The van der Waals surface area contributed by atoms with Crippen LogP contribution < -0.4 is 5.73 Å². The molecule has 0 aromatic carbocycles. The molecule has 0 fully saturated rings. The standard InChI is InChI=1S/C31H60N5O9P3/c1-4-6-8-9-10-11-12-13-14-15-16-17-18-19-20-21-23-47(39,43-22-7-5-2)45-48(40,41)44-46(37,38)27-42-28(3)24-36-26-35-29-30(32)33-25-34-31(29)36/h25-26,28H,4-24,27H2,1-3H3,(H,37,38)(H,40,41)(H2,32,33,34)/t28-,47?/m1/s1. The van der Waals surface area contributed by atoms with Crippen LogP contribution in [-0.2, 0) is 38.1 Å². The first kappa shape index (κ1) is 43.0. The summed E-state index contributed by atoms with van der Waals surface area (Å²) < 4.78 is 60.9.